The van der Waals surface area contributed by atoms with E-state index in [2.05, 4.69) is 37.9 Å². The predicted molar refractivity (Wildman–Crippen MR) is 115 cm³/mol. The molecule has 6 nitrogen and oxygen atoms in total. The van der Waals surface area contributed by atoms with Gasteiger partial charge in [0.05, 0.1) is 11.4 Å². The molecule has 28 heavy (non-hydrogen) atoms. The number of hydrogen-bond donors (Lipinski definition) is 2. The summed E-state index contributed by atoms with van der Waals surface area (Å²) in [4.78, 5) is 14.1. The van der Waals surface area contributed by atoms with Gasteiger partial charge in [0.25, 0.3) is 5.91 Å². The van der Waals surface area contributed by atoms with Crippen LogP contribution in [0.15, 0.2) is 64.5 Å². The Labute approximate surface area is 169 Å². The number of piperidine rings is 1. The molecule has 142 valence electrons. The monoisotopic (exact) mass is 391 g/mol. The van der Waals surface area contributed by atoms with Gasteiger partial charge in [-0.1, -0.05) is 12.1 Å². The number of amides is 1. The SMILES string of the molecule is O=C1NC(=S)N/C1=C/c1ccc(N=Nc2ccc(N3CCCCC3)cc2)cc1. The fourth-order valence-electron chi connectivity index (χ4n) is 3.28. The molecule has 2 aliphatic heterocycles. The summed E-state index contributed by atoms with van der Waals surface area (Å²) in [6.07, 6.45) is 5.60. The van der Waals surface area contributed by atoms with Crippen LogP contribution in [0, 0.1) is 0 Å². The van der Waals surface area contributed by atoms with E-state index in [-0.39, 0.29) is 5.91 Å². The maximum atomic E-state index is 11.7. The van der Waals surface area contributed by atoms with E-state index in [9.17, 15) is 4.79 Å². The highest BCUT2D eigenvalue weighted by molar-refractivity contribution is 7.80. The zero-order valence-corrected chi connectivity index (χ0v) is 16.2. The molecule has 0 aliphatic carbocycles. The van der Waals surface area contributed by atoms with Crippen molar-refractivity contribution in [2.75, 3.05) is 18.0 Å². The molecule has 0 saturated carbocycles. The van der Waals surface area contributed by atoms with Crippen molar-refractivity contribution in [2.45, 2.75) is 19.3 Å². The molecule has 2 heterocycles. The Balaban J connectivity index is 1.40. The zero-order valence-electron chi connectivity index (χ0n) is 15.4. The van der Waals surface area contributed by atoms with Crippen molar-refractivity contribution in [3.05, 3.63) is 59.8 Å². The highest BCUT2D eigenvalue weighted by Gasteiger charge is 2.19. The Morgan fingerprint density at radius 3 is 2.04 bits per heavy atom. The van der Waals surface area contributed by atoms with Gasteiger partial charge in [0.1, 0.15) is 5.70 Å². The van der Waals surface area contributed by atoms with Gasteiger partial charge in [0.2, 0.25) is 0 Å². The third-order valence-electron chi connectivity index (χ3n) is 4.78. The first-order chi connectivity index (χ1) is 13.7. The van der Waals surface area contributed by atoms with Crippen LogP contribution in [-0.4, -0.2) is 24.1 Å². The quantitative estimate of drug-likeness (QED) is 0.459. The minimum absolute atomic E-state index is 0.221. The molecule has 0 bridgehead atoms. The fraction of sp³-hybridized carbons (Fsp3) is 0.238. The van der Waals surface area contributed by atoms with Crippen LogP contribution in [0.4, 0.5) is 17.1 Å². The summed E-state index contributed by atoms with van der Waals surface area (Å²) in [6, 6.07) is 15.7. The summed E-state index contributed by atoms with van der Waals surface area (Å²) in [5.74, 6) is -0.221. The number of carbonyl (C=O) groups is 1. The molecule has 2 fully saturated rings. The van der Waals surface area contributed by atoms with Gasteiger partial charge < -0.3 is 10.2 Å². The summed E-state index contributed by atoms with van der Waals surface area (Å²) in [5.41, 5.74) is 4.15. The summed E-state index contributed by atoms with van der Waals surface area (Å²) in [5, 5.41) is 14.3. The number of benzene rings is 2. The van der Waals surface area contributed by atoms with E-state index < -0.39 is 0 Å². The smallest absolute Gasteiger partial charge is 0.273 e. The fourth-order valence-corrected chi connectivity index (χ4v) is 3.49. The van der Waals surface area contributed by atoms with Gasteiger partial charge >= 0.3 is 0 Å². The Hall–Kier alpha value is -3.06. The average Bonchev–Trinajstić information content (AvgIpc) is 3.05. The third-order valence-corrected chi connectivity index (χ3v) is 4.98. The maximum absolute atomic E-state index is 11.7. The molecule has 2 aromatic rings. The van der Waals surface area contributed by atoms with Gasteiger partial charge in [0, 0.05) is 18.8 Å². The highest BCUT2D eigenvalue weighted by Crippen LogP contribution is 2.24. The number of rotatable bonds is 4. The number of thiocarbonyl (C=S) groups is 1. The molecule has 2 aromatic carbocycles. The van der Waals surface area contributed by atoms with E-state index in [0.29, 0.717) is 10.8 Å². The van der Waals surface area contributed by atoms with Crippen LogP contribution in [-0.2, 0) is 4.79 Å². The Morgan fingerprint density at radius 1 is 0.857 bits per heavy atom. The minimum atomic E-state index is -0.221. The molecule has 0 aromatic heterocycles. The van der Waals surface area contributed by atoms with Crippen molar-refractivity contribution in [1.82, 2.24) is 10.6 Å². The molecule has 0 radical (unpaired) electrons. The minimum Gasteiger partial charge on any atom is -0.372 e. The van der Waals surface area contributed by atoms with Crippen LogP contribution in [0.2, 0.25) is 0 Å². The van der Waals surface area contributed by atoms with Crippen LogP contribution < -0.4 is 15.5 Å². The molecule has 0 unspecified atom stereocenters. The first kappa shape index (κ1) is 18.3. The molecule has 2 aliphatic rings. The lowest BCUT2D eigenvalue weighted by Crippen LogP contribution is -2.29. The second kappa shape index (κ2) is 8.31. The van der Waals surface area contributed by atoms with Gasteiger partial charge in [-0.3, -0.25) is 10.1 Å². The molecule has 4 rings (SSSR count). The average molecular weight is 392 g/mol. The lowest BCUT2D eigenvalue weighted by molar-refractivity contribution is -0.115. The van der Waals surface area contributed by atoms with Crippen molar-refractivity contribution in [3.63, 3.8) is 0 Å². The van der Waals surface area contributed by atoms with Gasteiger partial charge in [-0.2, -0.15) is 10.2 Å². The normalized spacial score (nSPS) is 18.6. The van der Waals surface area contributed by atoms with E-state index in [0.717, 1.165) is 30.0 Å². The van der Waals surface area contributed by atoms with E-state index in [1.807, 2.05) is 36.4 Å². The van der Waals surface area contributed by atoms with E-state index in [1.165, 1.54) is 24.9 Å². The van der Waals surface area contributed by atoms with Crippen LogP contribution >= 0.6 is 12.2 Å². The zero-order chi connectivity index (χ0) is 19.3. The molecule has 0 atom stereocenters. The van der Waals surface area contributed by atoms with Crippen LogP contribution in [0.5, 0.6) is 0 Å². The van der Waals surface area contributed by atoms with Gasteiger partial charge in [-0.05, 0) is 79.5 Å². The second-order valence-corrected chi connectivity index (χ2v) is 7.23. The van der Waals surface area contributed by atoms with Crippen LogP contribution in [0.1, 0.15) is 24.8 Å². The largest absolute Gasteiger partial charge is 0.372 e. The van der Waals surface area contributed by atoms with Gasteiger partial charge in [0.15, 0.2) is 5.11 Å². The van der Waals surface area contributed by atoms with E-state index in [1.54, 1.807) is 6.08 Å². The number of anilines is 1. The van der Waals surface area contributed by atoms with Gasteiger partial charge in [-0.15, -0.1) is 0 Å². The predicted octanol–water partition coefficient (Wildman–Crippen LogP) is 4.44. The number of carbonyl (C=O) groups excluding carboxylic acids is 1. The third kappa shape index (κ3) is 4.43. The highest BCUT2D eigenvalue weighted by atomic mass is 32.1. The first-order valence-electron chi connectivity index (χ1n) is 9.38. The molecule has 2 N–H and O–H groups in total. The Morgan fingerprint density at radius 2 is 1.46 bits per heavy atom. The van der Waals surface area contributed by atoms with Crippen LogP contribution in [0.3, 0.4) is 0 Å². The molecule has 0 spiro atoms. The summed E-state index contributed by atoms with van der Waals surface area (Å²) < 4.78 is 0. The van der Waals surface area contributed by atoms with Crippen molar-refractivity contribution in [3.8, 4) is 0 Å². The number of azo groups is 1. The summed E-state index contributed by atoms with van der Waals surface area (Å²) >= 11 is 4.92. The van der Waals surface area contributed by atoms with Crippen molar-refractivity contribution >= 4 is 46.4 Å². The molecular formula is C21H21N5OS. The second-order valence-electron chi connectivity index (χ2n) is 6.82. The lowest BCUT2D eigenvalue weighted by Gasteiger charge is -2.28. The van der Waals surface area contributed by atoms with Crippen molar-refractivity contribution in [2.24, 2.45) is 10.2 Å². The summed E-state index contributed by atoms with van der Waals surface area (Å²) in [7, 11) is 0. The Kier molecular flexibility index (Phi) is 5.43. The number of hydrogen-bond acceptors (Lipinski definition) is 5. The molecule has 1 amide bonds. The topological polar surface area (TPSA) is 69.1 Å². The van der Waals surface area contributed by atoms with Crippen molar-refractivity contribution < 1.29 is 4.79 Å². The summed E-state index contributed by atoms with van der Waals surface area (Å²) in [6.45, 7) is 2.26. The van der Waals surface area contributed by atoms with Gasteiger partial charge in [-0.25, -0.2) is 0 Å². The van der Waals surface area contributed by atoms with E-state index >= 15 is 0 Å². The molecule has 2 saturated heterocycles. The standard InChI is InChI=1S/C21H21N5OS/c27-20-19(22-21(28)23-20)14-15-4-6-16(7-5-15)24-25-17-8-10-18(11-9-17)26-12-2-1-3-13-26/h4-11,14H,1-3,12-13H2,(H2,22,23,27,28)/b19-14+,25-24?. The lowest BCUT2D eigenvalue weighted by atomic mass is 10.1. The maximum Gasteiger partial charge on any atom is 0.273 e. The van der Waals surface area contributed by atoms with Crippen LogP contribution in [0.25, 0.3) is 6.08 Å². The van der Waals surface area contributed by atoms with E-state index in [4.69, 9.17) is 12.2 Å². The number of nitrogens with one attached hydrogen (secondary N) is 2. The first-order valence-corrected chi connectivity index (χ1v) is 9.79. The Bertz CT molecular complexity index is 928. The molecule has 7 heteroatoms. The number of nitrogens with zero attached hydrogens (tertiary/aromatic N) is 3. The van der Waals surface area contributed by atoms with Crippen molar-refractivity contribution in [1.29, 1.82) is 0 Å². The molecular weight excluding hydrogens is 370 g/mol.